The third-order valence-electron chi connectivity index (χ3n) is 11.3. The van der Waals surface area contributed by atoms with Crippen LogP contribution in [-0.2, 0) is 36.8 Å². The summed E-state index contributed by atoms with van der Waals surface area (Å²) in [5.41, 5.74) is 7.37. The Kier molecular flexibility index (Phi) is 11.3. The highest BCUT2D eigenvalue weighted by atomic mass is 32.2. The van der Waals surface area contributed by atoms with E-state index in [9.17, 15) is 19.5 Å². The topological polar surface area (TPSA) is 160 Å². The number of thioether (sulfide) groups is 1. The first-order chi connectivity index (χ1) is 26.3. The highest BCUT2D eigenvalue weighted by Gasteiger charge is 2.42. The largest absolute Gasteiger partial charge is 0.464 e. The van der Waals surface area contributed by atoms with Gasteiger partial charge in [-0.3, -0.25) is 29.5 Å². The second kappa shape index (κ2) is 15.8. The zero-order valence-electron chi connectivity index (χ0n) is 32.6. The van der Waals surface area contributed by atoms with Gasteiger partial charge in [-0.15, -0.1) is 11.8 Å². The number of nitrogens with one attached hydrogen (secondary N) is 2. The molecule has 2 unspecified atom stereocenters. The molecule has 6 heterocycles. The quantitative estimate of drug-likeness (QED) is 0.236. The molecule has 55 heavy (non-hydrogen) atoms. The molecule has 0 aliphatic carbocycles. The summed E-state index contributed by atoms with van der Waals surface area (Å²) in [6, 6.07) is 8.09. The van der Waals surface area contributed by atoms with Crippen LogP contribution in [0, 0.1) is 5.41 Å². The van der Waals surface area contributed by atoms with E-state index < -0.39 is 35.2 Å². The number of hydrazine groups is 1. The van der Waals surface area contributed by atoms with E-state index in [1.807, 2.05) is 13.0 Å². The van der Waals surface area contributed by atoms with E-state index in [-0.39, 0.29) is 44.1 Å². The number of aromatic nitrogens is 2. The van der Waals surface area contributed by atoms with Crippen LogP contribution in [0.25, 0.3) is 22.2 Å². The first-order valence-corrected chi connectivity index (χ1v) is 20.2. The average molecular weight is 776 g/mol. The number of esters is 1. The van der Waals surface area contributed by atoms with Crippen molar-refractivity contribution in [2.75, 3.05) is 46.3 Å². The van der Waals surface area contributed by atoms with Gasteiger partial charge in [0, 0.05) is 73.9 Å². The van der Waals surface area contributed by atoms with Crippen molar-refractivity contribution >= 4 is 45.6 Å². The molecule has 0 radical (unpaired) electrons. The highest BCUT2D eigenvalue weighted by molar-refractivity contribution is 8.14. The van der Waals surface area contributed by atoms with E-state index in [0.29, 0.717) is 38.2 Å². The molecule has 5 atom stereocenters. The third-order valence-corrected chi connectivity index (χ3v) is 12.4. The molecule has 4 aliphatic rings. The number of aryl methyl sites for hydroxylation is 1. The summed E-state index contributed by atoms with van der Waals surface area (Å²) in [6.45, 7) is 9.92. The number of rotatable bonds is 6. The van der Waals surface area contributed by atoms with Crippen molar-refractivity contribution in [1.82, 2.24) is 30.2 Å². The summed E-state index contributed by atoms with van der Waals surface area (Å²) in [5.74, 6) is -0.144. The molecule has 2 saturated heterocycles. The van der Waals surface area contributed by atoms with Crippen LogP contribution in [0.2, 0.25) is 0 Å². The summed E-state index contributed by atoms with van der Waals surface area (Å²) < 4.78 is 19.5. The number of aliphatic imine (C=N–C) groups is 1. The lowest BCUT2D eigenvalue weighted by molar-refractivity contribution is -0.155. The summed E-state index contributed by atoms with van der Waals surface area (Å²) in [7, 11) is 3.19. The first kappa shape index (κ1) is 39.2. The van der Waals surface area contributed by atoms with Crippen molar-refractivity contribution in [3.05, 3.63) is 53.3 Å². The highest BCUT2D eigenvalue weighted by Crippen LogP contribution is 2.42. The van der Waals surface area contributed by atoms with E-state index in [1.54, 1.807) is 25.1 Å². The Balaban J connectivity index is 1.31. The molecule has 0 spiro atoms. The molecule has 1 aromatic carbocycles. The standard InChI is InChI=1S/C40H53N7O7S/c1-7-46-32-13-12-25-18-27(32)28(35(46)26-10-8-15-41-34(26)24(2)52-6)20-39(3,4)22-54-37(49)29-11-9-16-47(44-29)36(48)30(19-33-42-31(25)21-55-33)43-38(50)45(5)40(51)14-17-53-23-40/h8,10,12-13,15,18,24,29-31,44,51H,7,9,11,14,16-17,19-23H2,1-6H3,(H,43,50)/t24-,29-,30-,31?,40?/m0/s1. The molecule has 0 saturated carbocycles. The number of pyridine rings is 1. The lowest BCUT2D eigenvalue weighted by atomic mass is 9.84. The number of cyclic esters (lactones) is 1. The Morgan fingerprint density at radius 1 is 1.25 bits per heavy atom. The number of hydrogen-bond acceptors (Lipinski definition) is 11. The molecule has 6 bridgehead atoms. The minimum absolute atomic E-state index is 0.0150. The van der Waals surface area contributed by atoms with Crippen molar-refractivity contribution in [2.45, 2.75) is 96.3 Å². The van der Waals surface area contributed by atoms with Crippen molar-refractivity contribution in [3.8, 4) is 11.3 Å². The van der Waals surface area contributed by atoms with Gasteiger partial charge < -0.3 is 29.2 Å². The normalized spacial score (nSPS) is 26.3. The van der Waals surface area contributed by atoms with Crippen LogP contribution in [0.5, 0.6) is 0 Å². The molecular formula is C40H53N7O7S. The molecule has 3 aromatic rings. The van der Waals surface area contributed by atoms with Crippen molar-refractivity contribution in [2.24, 2.45) is 10.4 Å². The van der Waals surface area contributed by atoms with Gasteiger partial charge in [0.2, 0.25) is 0 Å². The summed E-state index contributed by atoms with van der Waals surface area (Å²) in [6.07, 6.45) is 3.67. The molecule has 3 amide bonds. The summed E-state index contributed by atoms with van der Waals surface area (Å²) in [5, 5.41) is 17.2. The van der Waals surface area contributed by atoms with Crippen LogP contribution in [-0.4, -0.2) is 112 Å². The number of benzene rings is 1. The molecule has 2 fully saturated rings. The SMILES string of the molecule is CCn1c(-c2cccnc2[C@H](C)OC)c2c3cc(ccc31)C1CSC(=N1)C[C@H](NC(=O)N(C)C1(O)CCOC1)C(=O)N1CCC[C@H](N1)C(=O)OCC(C)(C)C2. The van der Waals surface area contributed by atoms with E-state index >= 15 is 0 Å². The lowest BCUT2D eigenvalue weighted by Gasteiger charge is -2.37. The van der Waals surface area contributed by atoms with Gasteiger partial charge >= 0.3 is 12.0 Å². The number of likely N-dealkylation sites (N-methyl/N-ethyl adjacent to an activating group) is 1. The third kappa shape index (κ3) is 7.86. The molecular weight excluding hydrogens is 723 g/mol. The van der Waals surface area contributed by atoms with Crippen LogP contribution in [0.3, 0.4) is 0 Å². The molecule has 15 heteroatoms. The molecule has 3 N–H and O–H groups in total. The second-order valence-corrected chi connectivity index (χ2v) is 16.9. The minimum atomic E-state index is -1.48. The van der Waals surface area contributed by atoms with Crippen LogP contribution in [0.1, 0.15) is 82.3 Å². The number of amides is 3. The van der Waals surface area contributed by atoms with Gasteiger partial charge in [0.25, 0.3) is 5.91 Å². The summed E-state index contributed by atoms with van der Waals surface area (Å²) in [4.78, 5) is 52.6. The van der Waals surface area contributed by atoms with E-state index in [4.69, 9.17) is 24.2 Å². The number of nitrogens with zero attached hydrogens (tertiary/aromatic N) is 5. The Morgan fingerprint density at radius 2 is 2.07 bits per heavy atom. The van der Waals surface area contributed by atoms with Gasteiger partial charge in [-0.25, -0.2) is 10.2 Å². The van der Waals surface area contributed by atoms with Gasteiger partial charge in [-0.2, -0.15) is 0 Å². The predicted octanol–water partition coefficient (Wildman–Crippen LogP) is 4.75. The number of urea groups is 1. The zero-order chi connectivity index (χ0) is 39.1. The lowest BCUT2D eigenvalue weighted by Crippen LogP contribution is -2.62. The Bertz CT molecular complexity index is 1980. The maximum absolute atomic E-state index is 14.2. The Labute approximate surface area is 326 Å². The van der Waals surface area contributed by atoms with E-state index in [2.05, 4.69) is 60.3 Å². The number of ether oxygens (including phenoxy) is 3. The first-order valence-electron chi connectivity index (χ1n) is 19.2. The van der Waals surface area contributed by atoms with Gasteiger partial charge in [0.05, 0.1) is 48.4 Å². The maximum Gasteiger partial charge on any atom is 0.324 e. The average Bonchev–Trinajstić information content (AvgIpc) is 3.93. The number of hydrogen-bond donors (Lipinski definition) is 3. The number of carbonyl (C=O) groups excluding carboxylic acids is 3. The fourth-order valence-corrected chi connectivity index (χ4v) is 9.14. The smallest absolute Gasteiger partial charge is 0.324 e. The van der Waals surface area contributed by atoms with Crippen molar-refractivity contribution in [1.29, 1.82) is 0 Å². The minimum Gasteiger partial charge on any atom is -0.464 e. The molecule has 7 rings (SSSR count). The zero-order valence-corrected chi connectivity index (χ0v) is 33.4. The van der Waals surface area contributed by atoms with E-state index in [0.717, 1.165) is 50.6 Å². The van der Waals surface area contributed by atoms with Crippen LogP contribution >= 0.6 is 11.8 Å². The monoisotopic (exact) mass is 775 g/mol. The van der Waals surface area contributed by atoms with Crippen molar-refractivity contribution in [3.63, 3.8) is 0 Å². The fraction of sp³-hybridized carbons (Fsp3) is 0.575. The number of fused-ring (bicyclic) bond motifs is 5. The van der Waals surface area contributed by atoms with Gasteiger partial charge in [0.15, 0.2) is 5.72 Å². The maximum atomic E-state index is 14.2. The molecule has 296 valence electrons. The molecule has 14 nitrogen and oxygen atoms in total. The van der Waals surface area contributed by atoms with Crippen LogP contribution in [0.15, 0.2) is 41.5 Å². The van der Waals surface area contributed by atoms with E-state index in [1.165, 1.54) is 17.0 Å². The predicted molar refractivity (Wildman–Crippen MR) is 210 cm³/mol. The van der Waals surface area contributed by atoms with Crippen LogP contribution in [0.4, 0.5) is 4.79 Å². The van der Waals surface area contributed by atoms with Gasteiger partial charge in [-0.05, 0) is 68.5 Å². The second-order valence-electron chi connectivity index (χ2n) is 15.8. The fourth-order valence-electron chi connectivity index (χ4n) is 8.04. The van der Waals surface area contributed by atoms with Gasteiger partial charge in [0.1, 0.15) is 12.1 Å². The summed E-state index contributed by atoms with van der Waals surface area (Å²) >= 11 is 1.57. The Morgan fingerprint density at radius 3 is 2.82 bits per heavy atom. The van der Waals surface area contributed by atoms with Gasteiger partial charge in [-0.1, -0.05) is 19.9 Å². The number of methoxy groups -OCH3 is 1. The number of carbonyl (C=O) groups is 3. The molecule has 2 aromatic heterocycles. The Hall–Kier alpha value is -4.02. The molecule has 4 aliphatic heterocycles. The van der Waals surface area contributed by atoms with Crippen LogP contribution < -0.4 is 10.7 Å². The number of aliphatic hydroxyl groups is 1. The van der Waals surface area contributed by atoms with Crippen molar-refractivity contribution < 1.29 is 33.7 Å².